The number of nitrogens with zero attached hydrogens (tertiary/aromatic N) is 1. The predicted molar refractivity (Wildman–Crippen MR) is 79.5 cm³/mol. The van der Waals surface area contributed by atoms with Gasteiger partial charge in [-0.2, -0.15) is 0 Å². The fourth-order valence-corrected chi connectivity index (χ4v) is 2.73. The molecule has 0 bridgehead atoms. The Kier molecular flexibility index (Phi) is 3.48. The SMILES string of the molecule is COc1ccc(-c2csc(-c3ccc(F)cc3)n2)cc1. The first-order valence-corrected chi connectivity index (χ1v) is 7.00. The second-order valence-electron chi connectivity index (χ2n) is 4.27. The molecular formula is C16H12FNOS. The van der Waals surface area contributed by atoms with Crippen LogP contribution in [0.25, 0.3) is 21.8 Å². The minimum absolute atomic E-state index is 0.235. The largest absolute Gasteiger partial charge is 0.497 e. The fourth-order valence-electron chi connectivity index (χ4n) is 1.89. The Morgan fingerprint density at radius 1 is 0.950 bits per heavy atom. The molecule has 0 N–H and O–H groups in total. The van der Waals surface area contributed by atoms with Crippen molar-refractivity contribution in [2.75, 3.05) is 7.11 Å². The Morgan fingerprint density at radius 3 is 2.25 bits per heavy atom. The summed E-state index contributed by atoms with van der Waals surface area (Å²) in [5.74, 6) is 0.587. The summed E-state index contributed by atoms with van der Waals surface area (Å²) in [5, 5.41) is 2.89. The van der Waals surface area contributed by atoms with Crippen LogP contribution >= 0.6 is 11.3 Å². The fraction of sp³-hybridized carbons (Fsp3) is 0.0625. The van der Waals surface area contributed by atoms with Gasteiger partial charge < -0.3 is 4.74 Å². The quantitative estimate of drug-likeness (QED) is 0.700. The Hall–Kier alpha value is -2.20. The van der Waals surface area contributed by atoms with Crippen molar-refractivity contribution in [2.45, 2.75) is 0 Å². The van der Waals surface area contributed by atoms with E-state index >= 15 is 0 Å². The lowest BCUT2D eigenvalue weighted by molar-refractivity contribution is 0.415. The van der Waals surface area contributed by atoms with Crippen molar-refractivity contribution in [3.05, 3.63) is 59.7 Å². The molecule has 2 nitrogen and oxygen atoms in total. The van der Waals surface area contributed by atoms with Gasteiger partial charge in [0.25, 0.3) is 0 Å². The predicted octanol–water partition coefficient (Wildman–Crippen LogP) is 4.62. The summed E-state index contributed by atoms with van der Waals surface area (Å²) in [5.41, 5.74) is 2.88. The zero-order valence-corrected chi connectivity index (χ0v) is 11.7. The molecule has 0 aliphatic carbocycles. The maximum Gasteiger partial charge on any atom is 0.124 e. The zero-order valence-electron chi connectivity index (χ0n) is 10.8. The van der Waals surface area contributed by atoms with Crippen LogP contribution in [0.3, 0.4) is 0 Å². The second-order valence-corrected chi connectivity index (χ2v) is 5.13. The number of rotatable bonds is 3. The number of benzene rings is 2. The van der Waals surface area contributed by atoms with Crippen molar-refractivity contribution in [1.82, 2.24) is 4.98 Å². The van der Waals surface area contributed by atoms with Crippen molar-refractivity contribution >= 4 is 11.3 Å². The molecule has 0 saturated carbocycles. The van der Waals surface area contributed by atoms with E-state index in [0.717, 1.165) is 27.6 Å². The van der Waals surface area contributed by atoms with Crippen molar-refractivity contribution in [1.29, 1.82) is 0 Å². The molecule has 100 valence electrons. The van der Waals surface area contributed by atoms with Crippen LogP contribution in [0.1, 0.15) is 0 Å². The topological polar surface area (TPSA) is 22.1 Å². The smallest absolute Gasteiger partial charge is 0.124 e. The second kappa shape index (κ2) is 5.43. The lowest BCUT2D eigenvalue weighted by Gasteiger charge is -2.00. The lowest BCUT2D eigenvalue weighted by atomic mass is 10.1. The van der Waals surface area contributed by atoms with Crippen LogP contribution < -0.4 is 4.74 Å². The first kappa shape index (κ1) is 12.8. The van der Waals surface area contributed by atoms with Gasteiger partial charge >= 0.3 is 0 Å². The Labute approximate surface area is 120 Å². The van der Waals surface area contributed by atoms with Gasteiger partial charge in [-0.25, -0.2) is 9.37 Å². The molecule has 20 heavy (non-hydrogen) atoms. The van der Waals surface area contributed by atoms with Crippen LogP contribution in [-0.4, -0.2) is 12.1 Å². The average molecular weight is 285 g/mol. The highest BCUT2D eigenvalue weighted by Crippen LogP contribution is 2.29. The van der Waals surface area contributed by atoms with E-state index in [1.807, 2.05) is 29.6 Å². The average Bonchev–Trinajstić information content (AvgIpc) is 2.98. The molecule has 0 saturated heterocycles. The highest BCUT2D eigenvalue weighted by atomic mass is 32.1. The zero-order chi connectivity index (χ0) is 13.9. The van der Waals surface area contributed by atoms with Gasteiger partial charge in [0, 0.05) is 16.5 Å². The molecule has 0 radical (unpaired) electrons. The minimum Gasteiger partial charge on any atom is -0.497 e. The van der Waals surface area contributed by atoms with E-state index < -0.39 is 0 Å². The highest BCUT2D eigenvalue weighted by molar-refractivity contribution is 7.13. The molecule has 0 fully saturated rings. The molecule has 0 amide bonds. The third-order valence-electron chi connectivity index (χ3n) is 2.98. The van der Waals surface area contributed by atoms with Crippen LogP contribution in [0.5, 0.6) is 5.75 Å². The summed E-state index contributed by atoms with van der Waals surface area (Å²) in [6.45, 7) is 0. The van der Waals surface area contributed by atoms with Crippen molar-refractivity contribution in [3.63, 3.8) is 0 Å². The molecule has 0 atom stereocenters. The summed E-state index contributed by atoms with van der Waals surface area (Å²) in [7, 11) is 1.64. The third-order valence-corrected chi connectivity index (χ3v) is 3.87. The number of aromatic nitrogens is 1. The van der Waals surface area contributed by atoms with Gasteiger partial charge in [0.2, 0.25) is 0 Å². The number of hydrogen-bond donors (Lipinski definition) is 0. The standard InChI is InChI=1S/C16H12FNOS/c1-19-14-8-4-11(5-9-14)15-10-20-16(18-15)12-2-6-13(17)7-3-12/h2-10H,1H3. The number of hydrogen-bond acceptors (Lipinski definition) is 3. The number of ether oxygens (including phenoxy) is 1. The molecule has 0 aliphatic heterocycles. The maximum atomic E-state index is 12.9. The van der Waals surface area contributed by atoms with Gasteiger partial charge in [0.15, 0.2) is 0 Å². The van der Waals surface area contributed by atoms with Gasteiger partial charge in [-0.05, 0) is 48.5 Å². The van der Waals surface area contributed by atoms with Crippen LogP contribution in [-0.2, 0) is 0 Å². The normalized spacial score (nSPS) is 10.5. The molecule has 3 rings (SSSR count). The molecule has 1 heterocycles. The summed E-state index contributed by atoms with van der Waals surface area (Å²) in [6.07, 6.45) is 0. The Morgan fingerprint density at radius 2 is 1.60 bits per heavy atom. The van der Waals surface area contributed by atoms with Crippen molar-refractivity contribution < 1.29 is 9.13 Å². The summed E-state index contributed by atoms with van der Waals surface area (Å²) in [6, 6.07) is 14.1. The highest BCUT2D eigenvalue weighted by Gasteiger charge is 2.07. The minimum atomic E-state index is -0.235. The van der Waals surface area contributed by atoms with Gasteiger partial charge in [0.1, 0.15) is 16.6 Å². The summed E-state index contributed by atoms with van der Waals surface area (Å²) >= 11 is 1.55. The van der Waals surface area contributed by atoms with E-state index in [0.29, 0.717) is 0 Å². The van der Waals surface area contributed by atoms with Crippen LogP contribution in [0, 0.1) is 5.82 Å². The molecule has 0 unspecified atom stereocenters. The molecule has 4 heteroatoms. The van der Waals surface area contributed by atoms with E-state index in [4.69, 9.17) is 4.74 Å². The first-order valence-electron chi connectivity index (χ1n) is 6.12. The monoisotopic (exact) mass is 285 g/mol. The van der Waals surface area contributed by atoms with Gasteiger partial charge in [-0.1, -0.05) is 0 Å². The molecule has 2 aromatic carbocycles. The van der Waals surface area contributed by atoms with Crippen LogP contribution in [0.15, 0.2) is 53.9 Å². The molecule has 0 aliphatic rings. The van der Waals surface area contributed by atoms with E-state index in [1.165, 1.54) is 12.1 Å². The number of methoxy groups -OCH3 is 1. The number of thiazole rings is 1. The first-order chi connectivity index (χ1) is 9.76. The lowest BCUT2D eigenvalue weighted by Crippen LogP contribution is -1.83. The molecule has 1 aromatic heterocycles. The van der Waals surface area contributed by atoms with E-state index in [1.54, 1.807) is 30.6 Å². The molecule has 0 spiro atoms. The summed E-state index contributed by atoms with van der Waals surface area (Å²) in [4.78, 5) is 4.59. The maximum absolute atomic E-state index is 12.9. The van der Waals surface area contributed by atoms with Crippen LogP contribution in [0.4, 0.5) is 4.39 Å². The van der Waals surface area contributed by atoms with Gasteiger partial charge in [-0.3, -0.25) is 0 Å². The van der Waals surface area contributed by atoms with E-state index in [-0.39, 0.29) is 5.82 Å². The molecular weight excluding hydrogens is 273 g/mol. The molecule has 3 aromatic rings. The van der Waals surface area contributed by atoms with Crippen molar-refractivity contribution in [2.24, 2.45) is 0 Å². The van der Waals surface area contributed by atoms with Crippen molar-refractivity contribution in [3.8, 4) is 27.6 Å². The number of halogens is 1. The Balaban J connectivity index is 1.91. The van der Waals surface area contributed by atoms with Gasteiger partial charge in [-0.15, -0.1) is 11.3 Å². The van der Waals surface area contributed by atoms with Gasteiger partial charge in [0.05, 0.1) is 12.8 Å². The summed E-state index contributed by atoms with van der Waals surface area (Å²) < 4.78 is 18.1. The van der Waals surface area contributed by atoms with E-state index in [9.17, 15) is 4.39 Å². The Bertz CT molecular complexity index is 704. The van der Waals surface area contributed by atoms with Crippen LogP contribution in [0.2, 0.25) is 0 Å². The third kappa shape index (κ3) is 2.56. The van der Waals surface area contributed by atoms with E-state index in [2.05, 4.69) is 4.98 Å².